The Hall–Kier alpha value is -3.75. The summed E-state index contributed by atoms with van der Waals surface area (Å²) in [6, 6.07) is 12.1. The van der Waals surface area contributed by atoms with Crippen LogP contribution in [0.1, 0.15) is 23.2 Å². The lowest BCUT2D eigenvalue weighted by Gasteiger charge is -2.46. The summed E-state index contributed by atoms with van der Waals surface area (Å²) in [7, 11) is 1.42. The topological polar surface area (TPSA) is 96.0 Å². The number of anilines is 2. The lowest BCUT2D eigenvalue weighted by molar-refractivity contribution is -0.158. The molecule has 30 heavy (non-hydrogen) atoms. The third-order valence-electron chi connectivity index (χ3n) is 5.35. The Bertz CT molecular complexity index is 1070. The molecule has 0 spiro atoms. The van der Waals surface area contributed by atoms with Crippen molar-refractivity contribution >= 4 is 35.1 Å². The van der Waals surface area contributed by atoms with Crippen LogP contribution in [0.3, 0.4) is 0 Å². The summed E-state index contributed by atoms with van der Waals surface area (Å²) in [5.74, 6) is -3.02. The molecule has 2 aromatic rings. The zero-order chi connectivity index (χ0) is 21.5. The summed E-state index contributed by atoms with van der Waals surface area (Å²) >= 11 is 0. The standard InChI is InChI=1S/C21H18FN3O5/c1-24-19(28)13-6-2-5-9-16(13)25-18(27)10-11-21(24,25)20(29)30-12-17(26)23-15-8-4-3-7-14(15)22/h2-9H,10-12H2,1H3,(H,23,26)/t21-/m0/s1. The highest BCUT2D eigenvalue weighted by molar-refractivity contribution is 6.15. The van der Waals surface area contributed by atoms with Crippen molar-refractivity contribution in [2.24, 2.45) is 0 Å². The van der Waals surface area contributed by atoms with Crippen molar-refractivity contribution in [2.45, 2.75) is 18.5 Å². The van der Waals surface area contributed by atoms with Crippen LogP contribution in [-0.2, 0) is 19.1 Å². The molecular weight excluding hydrogens is 393 g/mol. The quantitative estimate of drug-likeness (QED) is 0.776. The van der Waals surface area contributed by atoms with E-state index < -0.39 is 35.9 Å². The second-order valence-corrected chi connectivity index (χ2v) is 7.03. The van der Waals surface area contributed by atoms with Crippen molar-refractivity contribution in [2.75, 3.05) is 23.9 Å². The Labute approximate surface area is 171 Å². The fourth-order valence-corrected chi connectivity index (χ4v) is 3.89. The number of carbonyl (C=O) groups is 4. The number of amides is 3. The van der Waals surface area contributed by atoms with Gasteiger partial charge < -0.3 is 15.0 Å². The molecule has 0 bridgehead atoms. The number of nitrogens with zero attached hydrogens (tertiary/aromatic N) is 2. The van der Waals surface area contributed by atoms with E-state index >= 15 is 0 Å². The lowest BCUT2D eigenvalue weighted by atomic mass is 9.97. The van der Waals surface area contributed by atoms with Gasteiger partial charge in [0.15, 0.2) is 6.61 Å². The van der Waals surface area contributed by atoms with Crippen LogP contribution in [0.25, 0.3) is 0 Å². The number of ether oxygens (including phenoxy) is 1. The van der Waals surface area contributed by atoms with E-state index in [1.54, 1.807) is 30.3 Å². The third-order valence-corrected chi connectivity index (χ3v) is 5.35. The average Bonchev–Trinajstić information content (AvgIpc) is 3.10. The minimum atomic E-state index is -1.67. The van der Waals surface area contributed by atoms with Crippen LogP contribution >= 0.6 is 0 Å². The van der Waals surface area contributed by atoms with Crippen LogP contribution in [0.15, 0.2) is 48.5 Å². The minimum Gasteiger partial charge on any atom is -0.452 e. The van der Waals surface area contributed by atoms with Gasteiger partial charge in [-0.3, -0.25) is 19.3 Å². The van der Waals surface area contributed by atoms with Gasteiger partial charge in [0.25, 0.3) is 11.8 Å². The molecule has 1 saturated heterocycles. The van der Waals surface area contributed by atoms with Gasteiger partial charge in [-0.1, -0.05) is 24.3 Å². The number of para-hydroxylation sites is 2. The molecule has 2 aromatic carbocycles. The first-order valence-electron chi connectivity index (χ1n) is 9.28. The third kappa shape index (κ3) is 2.90. The molecule has 4 rings (SSSR count). The van der Waals surface area contributed by atoms with E-state index in [1.807, 2.05) is 0 Å². The predicted octanol–water partition coefficient (Wildman–Crippen LogP) is 1.92. The number of fused-ring (bicyclic) bond motifs is 3. The second kappa shape index (κ2) is 7.25. The minimum absolute atomic E-state index is 0.0379. The molecule has 0 aromatic heterocycles. The number of carbonyl (C=O) groups excluding carboxylic acids is 4. The van der Waals surface area contributed by atoms with E-state index in [4.69, 9.17) is 4.74 Å². The summed E-state index contributed by atoms with van der Waals surface area (Å²) < 4.78 is 18.9. The van der Waals surface area contributed by atoms with E-state index in [2.05, 4.69) is 5.32 Å². The first kappa shape index (κ1) is 19.6. The van der Waals surface area contributed by atoms with Crippen molar-refractivity contribution in [3.8, 4) is 0 Å². The summed E-state index contributed by atoms with van der Waals surface area (Å²) in [6.07, 6.45) is 0.0820. The number of esters is 1. The maximum Gasteiger partial charge on any atom is 0.354 e. The molecule has 0 saturated carbocycles. The molecule has 154 valence electrons. The maximum absolute atomic E-state index is 13.7. The molecular formula is C21H18FN3O5. The van der Waals surface area contributed by atoms with Gasteiger partial charge in [-0.05, 0) is 24.3 Å². The van der Waals surface area contributed by atoms with Gasteiger partial charge in [-0.25, -0.2) is 9.18 Å². The Morgan fingerprint density at radius 3 is 2.60 bits per heavy atom. The normalized spacial score (nSPS) is 19.9. The monoisotopic (exact) mass is 411 g/mol. The van der Waals surface area contributed by atoms with Crippen molar-refractivity contribution in [1.29, 1.82) is 0 Å². The highest BCUT2D eigenvalue weighted by Crippen LogP contribution is 2.44. The Balaban J connectivity index is 1.57. The molecule has 0 aliphatic carbocycles. The summed E-state index contributed by atoms with van der Waals surface area (Å²) in [6.45, 7) is -0.694. The fraction of sp³-hybridized carbons (Fsp3) is 0.238. The summed E-state index contributed by atoms with van der Waals surface area (Å²) in [4.78, 5) is 53.1. The molecule has 0 radical (unpaired) electrons. The van der Waals surface area contributed by atoms with E-state index in [0.717, 1.165) is 0 Å². The Morgan fingerprint density at radius 2 is 1.83 bits per heavy atom. The van der Waals surface area contributed by atoms with Gasteiger partial charge in [0.05, 0.1) is 16.9 Å². The van der Waals surface area contributed by atoms with Gasteiger partial charge in [-0.2, -0.15) is 0 Å². The zero-order valence-corrected chi connectivity index (χ0v) is 16.1. The van der Waals surface area contributed by atoms with Crippen molar-refractivity contribution in [3.05, 3.63) is 59.9 Å². The molecule has 2 aliphatic heterocycles. The predicted molar refractivity (Wildman–Crippen MR) is 104 cm³/mol. The molecule has 8 nitrogen and oxygen atoms in total. The number of hydrogen-bond acceptors (Lipinski definition) is 5. The van der Waals surface area contributed by atoms with E-state index in [9.17, 15) is 23.6 Å². The maximum atomic E-state index is 13.7. The van der Waals surface area contributed by atoms with Crippen molar-refractivity contribution in [3.63, 3.8) is 0 Å². The van der Waals surface area contributed by atoms with Gasteiger partial charge >= 0.3 is 5.97 Å². The van der Waals surface area contributed by atoms with E-state index in [1.165, 1.54) is 35.0 Å². The number of likely N-dealkylation sites (N-methyl/N-ethyl adjacent to an activating group) is 1. The smallest absolute Gasteiger partial charge is 0.354 e. The average molecular weight is 411 g/mol. The number of rotatable bonds is 4. The first-order valence-corrected chi connectivity index (χ1v) is 9.28. The van der Waals surface area contributed by atoms with Crippen LogP contribution in [-0.4, -0.2) is 47.9 Å². The summed E-state index contributed by atoms with van der Waals surface area (Å²) in [5.41, 5.74) is -1.08. The number of hydrogen-bond donors (Lipinski definition) is 1. The molecule has 2 heterocycles. The van der Waals surface area contributed by atoms with Crippen LogP contribution in [0.2, 0.25) is 0 Å². The highest BCUT2D eigenvalue weighted by atomic mass is 19.1. The Kier molecular flexibility index (Phi) is 4.73. The SMILES string of the molecule is CN1C(=O)c2ccccc2N2C(=O)CC[C@]12C(=O)OCC(=O)Nc1ccccc1F. The van der Waals surface area contributed by atoms with Crippen LogP contribution in [0, 0.1) is 5.82 Å². The van der Waals surface area contributed by atoms with Crippen LogP contribution in [0.4, 0.5) is 15.8 Å². The summed E-state index contributed by atoms with van der Waals surface area (Å²) in [5, 5.41) is 2.32. The molecule has 9 heteroatoms. The van der Waals surface area contributed by atoms with Crippen LogP contribution < -0.4 is 10.2 Å². The highest BCUT2D eigenvalue weighted by Gasteiger charge is 2.60. The fourth-order valence-electron chi connectivity index (χ4n) is 3.89. The molecule has 3 amide bonds. The van der Waals surface area contributed by atoms with E-state index in [-0.39, 0.29) is 24.4 Å². The largest absolute Gasteiger partial charge is 0.452 e. The lowest BCUT2D eigenvalue weighted by Crippen LogP contribution is -2.67. The second-order valence-electron chi connectivity index (χ2n) is 7.03. The molecule has 0 unspecified atom stereocenters. The Morgan fingerprint density at radius 1 is 1.13 bits per heavy atom. The molecule has 1 N–H and O–H groups in total. The zero-order valence-electron chi connectivity index (χ0n) is 16.1. The van der Waals surface area contributed by atoms with Crippen molar-refractivity contribution in [1.82, 2.24) is 4.90 Å². The van der Waals surface area contributed by atoms with Gasteiger partial charge in [0, 0.05) is 19.9 Å². The molecule has 1 fully saturated rings. The molecule has 2 aliphatic rings. The molecule has 1 atom stereocenters. The number of nitrogens with one attached hydrogen (secondary N) is 1. The number of benzene rings is 2. The van der Waals surface area contributed by atoms with Crippen molar-refractivity contribution < 1.29 is 28.3 Å². The van der Waals surface area contributed by atoms with E-state index in [0.29, 0.717) is 11.3 Å². The van der Waals surface area contributed by atoms with Gasteiger partial charge in [0.1, 0.15) is 5.82 Å². The van der Waals surface area contributed by atoms with Gasteiger partial charge in [-0.15, -0.1) is 0 Å². The van der Waals surface area contributed by atoms with Crippen LogP contribution in [0.5, 0.6) is 0 Å². The van der Waals surface area contributed by atoms with Gasteiger partial charge in [0.2, 0.25) is 11.6 Å². The number of halogens is 1. The first-order chi connectivity index (χ1) is 14.4.